The standard InChI is InChI=1S/C23H23N3O5/c1-24-21(27)15-31-22(28)12-10-17-14-26(18-7-5-4-6-8-18)25-23(17)16-9-11-19(29-2)20(13-16)30-3/h4-14H,15H2,1-3H3,(H,24,27)/b12-10+. The van der Waals surface area contributed by atoms with E-state index in [9.17, 15) is 9.59 Å². The molecular formula is C23H23N3O5. The minimum atomic E-state index is -0.630. The van der Waals surface area contributed by atoms with Crippen LogP contribution in [0, 0.1) is 0 Å². The zero-order chi connectivity index (χ0) is 22.2. The van der Waals surface area contributed by atoms with E-state index in [2.05, 4.69) is 5.32 Å². The Labute approximate surface area is 180 Å². The molecule has 31 heavy (non-hydrogen) atoms. The summed E-state index contributed by atoms with van der Waals surface area (Å²) in [6, 6.07) is 15.1. The topological polar surface area (TPSA) is 91.7 Å². The molecule has 0 bridgehead atoms. The van der Waals surface area contributed by atoms with E-state index in [1.54, 1.807) is 31.0 Å². The molecule has 0 saturated carbocycles. The first kappa shape index (κ1) is 21.6. The molecule has 0 radical (unpaired) electrons. The Hall–Kier alpha value is -4.07. The molecule has 0 saturated heterocycles. The molecule has 160 valence electrons. The number of amides is 1. The number of aromatic nitrogens is 2. The van der Waals surface area contributed by atoms with Crippen molar-refractivity contribution in [2.75, 3.05) is 27.9 Å². The van der Waals surface area contributed by atoms with E-state index in [1.807, 2.05) is 48.7 Å². The average Bonchev–Trinajstić information content (AvgIpc) is 3.25. The van der Waals surface area contributed by atoms with Crippen LogP contribution in [0.1, 0.15) is 5.56 Å². The van der Waals surface area contributed by atoms with Gasteiger partial charge in [-0.2, -0.15) is 5.10 Å². The normalized spacial score (nSPS) is 10.7. The summed E-state index contributed by atoms with van der Waals surface area (Å²) in [5, 5.41) is 7.09. The summed E-state index contributed by atoms with van der Waals surface area (Å²) < 4.78 is 17.4. The fraction of sp³-hybridized carbons (Fsp3) is 0.174. The van der Waals surface area contributed by atoms with Gasteiger partial charge >= 0.3 is 5.97 Å². The van der Waals surface area contributed by atoms with E-state index in [-0.39, 0.29) is 12.5 Å². The summed E-state index contributed by atoms with van der Waals surface area (Å²) in [6.07, 6.45) is 4.67. The number of para-hydroxylation sites is 1. The van der Waals surface area contributed by atoms with Gasteiger partial charge in [0.1, 0.15) is 5.69 Å². The van der Waals surface area contributed by atoms with Crippen molar-refractivity contribution in [1.82, 2.24) is 15.1 Å². The summed E-state index contributed by atoms with van der Waals surface area (Å²) in [7, 11) is 4.60. The Bertz CT molecular complexity index is 1090. The van der Waals surface area contributed by atoms with Gasteiger partial charge in [0.2, 0.25) is 0 Å². The molecule has 8 heteroatoms. The lowest BCUT2D eigenvalue weighted by atomic mass is 10.1. The Morgan fingerprint density at radius 2 is 1.81 bits per heavy atom. The number of nitrogens with one attached hydrogen (secondary N) is 1. The number of hydrogen-bond acceptors (Lipinski definition) is 6. The van der Waals surface area contributed by atoms with Crippen molar-refractivity contribution in [2.45, 2.75) is 0 Å². The van der Waals surface area contributed by atoms with Gasteiger partial charge in [-0.1, -0.05) is 18.2 Å². The maximum Gasteiger partial charge on any atom is 0.331 e. The van der Waals surface area contributed by atoms with Crippen LogP contribution in [0.3, 0.4) is 0 Å². The first-order valence-electron chi connectivity index (χ1n) is 9.48. The molecule has 3 aromatic rings. The Morgan fingerprint density at radius 3 is 2.48 bits per heavy atom. The lowest BCUT2D eigenvalue weighted by Crippen LogP contribution is -2.24. The molecule has 0 unspecified atom stereocenters. The number of methoxy groups -OCH3 is 2. The van der Waals surface area contributed by atoms with Gasteiger partial charge in [-0.3, -0.25) is 4.79 Å². The highest BCUT2D eigenvalue weighted by Crippen LogP contribution is 2.33. The number of benzene rings is 2. The molecule has 1 N–H and O–H groups in total. The zero-order valence-electron chi connectivity index (χ0n) is 17.5. The first-order chi connectivity index (χ1) is 15.0. The molecule has 0 aliphatic heterocycles. The molecule has 0 atom stereocenters. The van der Waals surface area contributed by atoms with Gasteiger partial charge in [0.25, 0.3) is 5.91 Å². The van der Waals surface area contributed by atoms with Crippen molar-refractivity contribution in [2.24, 2.45) is 0 Å². The van der Waals surface area contributed by atoms with Crippen molar-refractivity contribution < 1.29 is 23.8 Å². The van der Waals surface area contributed by atoms with Gasteiger partial charge in [-0.25, -0.2) is 9.48 Å². The molecule has 1 amide bonds. The van der Waals surface area contributed by atoms with Crippen molar-refractivity contribution in [1.29, 1.82) is 0 Å². The number of ether oxygens (including phenoxy) is 3. The van der Waals surface area contributed by atoms with Gasteiger partial charge < -0.3 is 19.5 Å². The Balaban J connectivity index is 1.97. The zero-order valence-corrected chi connectivity index (χ0v) is 17.5. The third kappa shape index (κ3) is 5.30. The summed E-state index contributed by atoms with van der Waals surface area (Å²) in [5.74, 6) is 0.150. The number of carbonyl (C=O) groups is 2. The van der Waals surface area contributed by atoms with Gasteiger partial charge in [0.05, 0.1) is 19.9 Å². The summed E-state index contributed by atoms with van der Waals surface area (Å²) in [5.41, 5.74) is 2.98. The van der Waals surface area contributed by atoms with Crippen LogP contribution in [-0.2, 0) is 14.3 Å². The minimum absolute atomic E-state index is 0.342. The maximum atomic E-state index is 12.0. The summed E-state index contributed by atoms with van der Waals surface area (Å²) in [4.78, 5) is 23.2. The largest absolute Gasteiger partial charge is 0.493 e. The molecule has 0 fully saturated rings. The fourth-order valence-electron chi connectivity index (χ4n) is 2.84. The van der Waals surface area contributed by atoms with Gasteiger partial charge in [-0.05, 0) is 36.4 Å². The van der Waals surface area contributed by atoms with Crippen LogP contribution < -0.4 is 14.8 Å². The van der Waals surface area contributed by atoms with Crippen LogP contribution in [0.5, 0.6) is 11.5 Å². The highest BCUT2D eigenvalue weighted by molar-refractivity contribution is 5.90. The second kappa shape index (κ2) is 10.1. The van der Waals surface area contributed by atoms with Crippen molar-refractivity contribution in [3.05, 3.63) is 66.4 Å². The van der Waals surface area contributed by atoms with Crippen molar-refractivity contribution in [3.8, 4) is 28.4 Å². The molecule has 1 heterocycles. The summed E-state index contributed by atoms with van der Waals surface area (Å²) >= 11 is 0. The molecule has 1 aromatic heterocycles. The first-order valence-corrected chi connectivity index (χ1v) is 9.48. The predicted molar refractivity (Wildman–Crippen MR) is 116 cm³/mol. The maximum absolute atomic E-state index is 12.0. The van der Waals surface area contributed by atoms with E-state index in [0.29, 0.717) is 22.8 Å². The number of rotatable bonds is 8. The van der Waals surface area contributed by atoms with Gasteiger partial charge in [-0.15, -0.1) is 0 Å². The van der Waals surface area contributed by atoms with Crippen LogP contribution in [0.2, 0.25) is 0 Å². The van der Waals surface area contributed by atoms with Crippen LogP contribution in [0.4, 0.5) is 0 Å². The van der Waals surface area contributed by atoms with Crippen LogP contribution >= 0.6 is 0 Å². The lowest BCUT2D eigenvalue weighted by Gasteiger charge is -2.09. The highest BCUT2D eigenvalue weighted by Gasteiger charge is 2.14. The minimum Gasteiger partial charge on any atom is -0.493 e. The number of esters is 1. The number of hydrogen-bond donors (Lipinski definition) is 1. The van der Waals surface area contributed by atoms with Crippen LogP contribution in [0.15, 0.2) is 60.8 Å². The summed E-state index contributed by atoms with van der Waals surface area (Å²) in [6.45, 7) is -0.342. The van der Waals surface area contributed by atoms with Gasteiger partial charge in [0, 0.05) is 30.4 Å². The van der Waals surface area contributed by atoms with E-state index < -0.39 is 5.97 Å². The second-order valence-electron chi connectivity index (χ2n) is 6.40. The number of likely N-dealkylation sites (N-methyl/N-ethyl adjacent to an activating group) is 1. The number of carbonyl (C=O) groups excluding carboxylic acids is 2. The molecular weight excluding hydrogens is 398 g/mol. The van der Waals surface area contributed by atoms with Crippen LogP contribution in [0.25, 0.3) is 23.0 Å². The quantitative estimate of drug-likeness (QED) is 0.444. The van der Waals surface area contributed by atoms with E-state index in [4.69, 9.17) is 19.3 Å². The van der Waals surface area contributed by atoms with Crippen molar-refractivity contribution >= 4 is 18.0 Å². The van der Waals surface area contributed by atoms with E-state index in [1.165, 1.54) is 13.1 Å². The van der Waals surface area contributed by atoms with Crippen molar-refractivity contribution in [3.63, 3.8) is 0 Å². The monoisotopic (exact) mass is 421 g/mol. The molecule has 3 rings (SSSR count). The predicted octanol–water partition coefficient (Wildman–Crippen LogP) is 2.86. The average molecular weight is 421 g/mol. The van der Waals surface area contributed by atoms with Crippen LogP contribution in [-0.4, -0.2) is 49.5 Å². The molecule has 0 aliphatic carbocycles. The second-order valence-corrected chi connectivity index (χ2v) is 6.40. The smallest absolute Gasteiger partial charge is 0.331 e. The third-order valence-electron chi connectivity index (χ3n) is 4.44. The van der Waals surface area contributed by atoms with Gasteiger partial charge in [0.15, 0.2) is 18.1 Å². The molecule has 8 nitrogen and oxygen atoms in total. The Morgan fingerprint density at radius 1 is 1.06 bits per heavy atom. The number of nitrogens with zero attached hydrogens (tertiary/aromatic N) is 2. The Kier molecular flexibility index (Phi) is 7.05. The molecule has 2 aromatic carbocycles. The SMILES string of the molecule is CNC(=O)COC(=O)/C=C/c1cn(-c2ccccc2)nc1-c1ccc(OC)c(OC)c1. The fourth-order valence-corrected chi connectivity index (χ4v) is 2.84. The molecule has 0 aliphatic rings. The van der Waals surface area contributed by atoms with E-state index in [0.717, 1.165) is 11.3 Å². The molecule has 0 spiro atoms. The highest BCUT2D eigenvalue weighted by atomic mass is 16.5. The van der Waals surface area contributed by atoms with E-state index >= 15 is 0 Å². The third-order valence-corrected chi connectivity index (χ3v) is 4.44. The lowest BCUT2D eigenvalue weighted by molar-refractivity contribution is -0.143.